The first kappa shape index (κ1) is 29.2. The molecule has 2 aliphatic rings. The molecule has 1 N–H and O–H groups in total. The Bertz CT molecular complexity index is 1000. The van der Waals surface area contributed by atoms with Crippen molar-refractivity contribution in [3.8, 4) is 0 Å². The highest BCUT2D eigenvalue weighted by atomic mass is 19.4. The second-order valence-corrected chi connectivity index (χ2v) is 10.4. The topological polar surface area (TPSA) is 12.0 Å². The van der Waals surface area contributed by atoms with Crippen LogP contribution in [0.15, 0.2) is 83.0 Å². The van der Waals surface area contributed by atoms with Gasteiger partial charge in [-0.1, -0.05) is 93.0 Å². The Morgan fingerprint density at radius 1 is 0.946 bits per heavy atom. The van der Waals surface area contributed by atoms with Crippen molar-refractivity contribution in [3.63, 3.8) is 0 Å². The molecule has 3 rings (SSSR count). The number of alkyl halides is 3. The molecular formula is C33H44F3N. The zero-order valence-corrected chi connectivity index (χ0v) is 22.8. The maximum absolute atomic E-state index is 13.0. The minimum atomic E-state index is -4.22. The summed E-state index contributed by atoms with van der Waals surface area (Å²) in [6.07, 6.45) is 15.7. The van der Waals surface area contributed by atoms with E-state index in [9.17, 15) is 13.2 Å². The molecule has 0 radical (unpaired) electrons. The summed E-state index contributed by atoms with van der Waals surface area (Å²) in [5.74, 6) is 0.777. The summed E-state index contributed by atoms with van der Waals surface area (Å²) in [6, 6.07) is 9.22. The van der Waals surface area contributed by atoms with Gasteiger partial charge in [0.05, 0.1) is 0 Å². The van der Waals surface area contributed by atoms with Crippen LogP contribution in [0.4, 0.5) is 13.2 Å². The van der Waals surface area contributed by atoms with E-state index in [2.05, 4.69) is 74.7 Å². The Balaban J connectivity index is 1.76. The van der Waals surface area contributed by atoms with Crippen LogP contribution >= 0.6 is 0 Å². The average molecular weight is 512 g/mol. The summed E-state index contributed by atoms with van der Waals surface area (Å²) >= 11 is 0. The molecule has 0 spiro atoms. The number of nitrogens with one attached hydrogen (secondary N) is 1. The van der Waals surface area contributed by atoms with Crippen LogP contribution in [0.25, 0.3) is 0 Å². The Morgan fingerprint density at radius 3 is 2.32 bits per heavy atom. The van der Waals surface area contributed by atoms with Crippen molar-refractivity contribution in [1.82, 2.24) is 5.32 Å². The number of rotatable bonds is 13. The van der Waals surface area contributed by atoms with E-state index in [4.69, 9.17) is 0 Å². The van der Waals surface area contributed by atoms with Crippen LogP contribution in [0.1, 0.15) is 89.2 Å². The van der Waals surface area contributed by atoms with E-state index >= 15 is 0 Å². The van der Waals surface area contributed by atoms with E-state index < -0.39 is 11.7 Å². The Kier molecular flexibility index (Phi) is 11.5. The minimum absolute atomic E-state index is 0.0707. The normalized spacial score (nSPS) is 19.4. The van der Waals surface area contributed by atoms with Crippen molar-refractivity contribution in [3.05, 3.63) is 94.1 Å². The van der Waals surface area contributed by atoms with Gasteiger partial charge in [-0.15, -0.1) is 0 Å². The van der Waals surface area contributed by atoms with Gasteiger partial charge in [0.1, 0.15) is 0 Å². The quantitative estimate of drug-likeness (QED) is 0.205. The lowest BCUT2D eigenvalue weighted by Crippen LogP contribution is -2.17. The highest BCUT2D eigenvalue weighted by molar-refractivity contribution is 5.45. The second-order valence-electron chi connectivity index (χ2n) is 10.4. The monoisotopic (exact) mass is 511 g/mol. The molecule has 0 aromatic heterocycles. The molecule has 0 bridgehead atoms. The van der Waals surface area contributed by atoms with E-state index in [0.717, 1.165) is 44.3 Å². The molecule has 1 aromatic carbocycles. The molecule has 0 saturated carbocycles. The third kappa shape index (κ3) is 8.88. The maximum Gasteiger partial charge on any atom is 0.412 e. The predicted octanol–water partition coefficient (Wildman–Crippen LogP) is 9.55. The first-order valence-electron chi connectivity index (χ1n) is 14.1. The highest BCUT2D eigenvalue weighted by Crippen LogP contribution is 2.41. The fourth-order valence-electron chi connectivity index (χ4n) is 5.40. The molecule has 0 heterocycles. The van der Waals surface area contributed by atoms with Gasteiger partial charge < -0.3 is 5.32 Å². The lowest BCUT2D eigenvalue weighted by atomic mass is 9.77. The number of allylic oxidation sites excluding steroid dienone is 10. The van der Waals surface area contributed by atoms with Gasteiger partial charge in [0.2, 0.25) is 0 Å². The van der Waals surface area contributed by atoms with Crippen LogP contribution in [0, 0.1) is 5.92 Å². The highest BCUT2D eigenvalue weighted by Gasteiger charge is 2.34. The molecule has 202 valence electrons. The molecule has 0 fully saturated rings. The summed E-state index contributed by atoms with van der Waals surface area (Å²) in [4.78, 5) is 0. The van der Waals surface area contributed by atoms with Crippen molar-refractivity contribution in [2.75, 3.05) is 13.1 Å². The Morgan fingerprint density at radius 2 is 1.70 bits per heavy atom. The van der Waals surface area contributed by atoms with Crippen LogP contribution < -0.4 is 5.32 Å². The lowest BCUT2D eigenvalue weighted by molar-refractivity contribution is -0.0941. The molecule has 2 aliphatic carbocycles. The van der Waals surface area contributed by atoms with Gasteiger partial charge in [0.25, 0.3) is 0 Å². The zero-order valence-electron chi connectivity index (χ0n) is 22.8. The molecule has 0 aliphatic heterocycles. The van der Waals surface area contributed by atoms with E-state index in [0.29, 0.717) is 18.3 Å². The van der Waals surface area contributed by atoms with Crippen LogP contribution in [-0.2, 0) is 6.42 Å². The minimum Gasteiger partial charge on any atom is -0.316 e. The van der Waals surface area contributed by atoms with Gasteiger partial charge in [-0.3, -0.25) is 0 Å². The molecule has 1 nitrogen and oxygen atoms in total. The lowest BCUT2D eigenvalue weighted by Gasteiger charge is -2.28. The van der Waals surface area contributed by atoms with Crippen molar-refractivity contribution >= 4 is 0 Å². The summed E-state index contributed by atoms with van der Waals surface area (Å²) in [5, 5.41) is 3.48. The van der Waals surface area contributed by atoms with Gasteiger partial charge >= 0.3 is 6.18 Å². The van der Waals surface area contributed by atoms with Crippen LogP contribution in [0.5, 0.6) is 0 Å². The fourth-order valence-corrected chi connectivity index (χ4v) is 5.40. The Labute approximate surface area is 222 Å². The summed E-state index contributed by atoms with van der Waals surface area (Å²) in [5.41, 5.74) is 6.02. The summed E-state index contributed by atoms with van der Waals surface area (Å²) in [6.45, 7) is 8.57. The first-order valence-corrected chi connectivity index (χ1v) is 14.1. The third-order valence-corrected chi connectivity index (χ3v) is 7.62. The molecular weight excluding hydrogens is 467 g/mol. The van der Waals surface area contributed by atoms with E-state index in [-0.39, 0.29) is 6.42 Å². The van der Waals surface area contributed by atoms with Crippen LogP contribution in [-0.4, -0.2) is 19.3 Å². The van der Waals surface area contributed by atoms with Crippen molar-refractivity contribution in [2.24, 2.45) is 5.92 Å². The first-order chi connectivity index (χ1) is 17.9. The smallest absolute Gasteiger partial charge is 0.316 e. The van der Waals surface area contributed by atoms with Gasteiger partial charge in [0.15, 0.2) is 0 Å². The van der Waals surface area contributed by atoms with E-state index in [1.54, 1.807) is 6.08 Å². The molecule has 2 atom stereocenters. The number of hydrogen-bond donors (Lipinski definition) is 1. The largest absolute Gasteiger partial charge is 0.412 e. The number of unbranched alkanes of at least 4 members (excludes halogenated alkanes) is 1. The van der Waals surface area contributed by atoms with Gasteiger partial charge in [-0.2, -0.15) is 13.2 Å². The third-order valence-electron chi connectivity index (χ3n) is 7.62. The number of hydrogen-bond acceptors (Lipinski definition) is 1. The average Bonchev–Trinajstić information content (AvgIpc) is 2.90. The maximum atomic E-state index is 13.0. The molecule has 0 amide bonds. The van der Waals surface area contributed by atoms with Crippen LogP contribution in [0.2, 0.25) is 0 Å². The second kappa shape index (κ2) is 14.6. The predicted molar refractivity (Wildman–Crippen MR) is 151 cm³/mol. The zero-order chi connectivity index (χ0) is 26.7. The molecule has 1 aromatic rings. The SMILES string of the molecule is C/C=C\C1CC(C2=CC=C(C(F)(F)F)CC2)=CC=C1CC(CCCC)c1ccc(CCNCCC)cc1. The van der Waals surface area contributed by atoms with Gasteiger partial charge in [-0.25, -0.2) is 0 Å². The standard InChI is InChI=1S/C33H44F3N/c1-4-7-9-29(26-12-10-25(11-13-26)20-22-37-21-6-3)24-31-15-14-30(23-28(31)8-5-2)27-16-18-32(19-17-27)33(34,35)36/h5,8,10-16,18,28-29,37H,4,6-7,9,17,19-24H2,1-3H3/b8-5-. The molecule has 2 unspecified atom stereocenters. The van der Waals surface area contributed by atoms with Gasteiger partial charge in [0, 0.05) is 11.5 Å². The summed E-state index contributed by atoms with van der Waals surface area (Å²) in [7, 11) is 0. The van der Waals surface area contributed by atoms with E-state index in [1.807, 2.05) is 0 Å². The fraction of sp³-hybridized carbons (Fsp3) is 0.515. The van der Waals surface area contributed by atoms with Crippen molar-refractivity contribution in [2.45, 2.75) is 90.7 Å². The van der Waals surface area contributed by atoms with Crippen molar-refractivity contribution in [1.29, 1.82) is 0 Å². The van der Waals surface area contributed by atoms with Gasteiger partial charge in [-0.05, 0) is 93.2 Å². The van der Waals surface area contributed by atoms with Crippen molar-refractivity contribution < 1.29 is 13.2 Å². The number of halogens is 3. The number of benzene rings is 1. The molecule has 37 heavy (non-hydrogen) atoms. The Hall–Kier alpha value is -2.33. The molecule has 0 saturated heterocycles. The van der Waals surface area contributed by atoms with Crippen LogP contribution in [0.3, 0.4) is 0 Å². The molecule has 4 heteroatoms. The summed E-state index contributed by atoms with van der Waals surface area (Å²) < 4.78 is 39.1. The van der Waals surface area contributed by atoms with E-state index in [1.165, 1.54) is 47.6 Å².